The molecule has 0 bridgehead atoms. The first-order valence-electron chi connectivity index (χ1n) is 8.70. The summed E-state index contributed by atoms with van der Waals surface area (Å²) in [7, 11) is 1.73. The molecule has 3 aromatic rings. The van der Waals surface area contributed by atoms with Gasteiger partial charge in [0.05, 0.1) is 17.1 Å². The number of aromatic nitrogens is 2. The van der Waals surface area contributed by atoms with Gasteiger partial charge in [-0.3, -0.25) is 13.9 Å². The van der Waals surface area contributed by atoms with Crippen LogP contribution in [0.15, 0.2) is 53.3 Å². The minimum Gasteiger partial charge on any atom is -0.491 e. The molecular formula is C20H21N3O3. The van der Waals surface area contributed by atoms with Crippen molar-refractivity contribution < 1.29 is 9.53 Å². The highest BCUT2D eigenvalue weighted by molar-refractivity contribution is 5.81. The lowest BCUT2D eigenvalue weighted by Gasteiger charge is -2.26. The maximum Gasteiger partial charge on any atom is 0.329 e. The first kappa shape index (κ1) is 16.4. The van der Waals surface area contributed by atoms with Crippen molar-refractivity contribution in [2.45, 2.75) is 26.1 Å². The van der Waals surface area contributed by atoms with E-state index in [4.69, 9.17) is 4.74 Å². The zero-order chi connectivity index (χ0) is 18.3. The van der Waals surface area contributed by atoms with E-state index in [1.54, 1.807) is 21.1 Å². The standard InChI is InChI=1S/C20H21N3O3/c1-14-13-26-18-10-6-3-7-15(18)11-22(14)19(24)12-23-17-9-5-4-8-16(17)21(2)20(23)25/h3-10,14H,11-13H2,1-2H3. The Morgan fingerprint density at radius 1 is 1.12 bits per heavy atom. The van der Waals surface area contributed by atoms with Crippen molar-refractivity contribution in [1.29, 1.82) is 0 Å². The number of rotatable bonds is 2. The smallest absolute Gasteiger partial charge is 0.329 e. The lowest BCUT2D eigenvalue weighted by atomic mass is 10.2. The van der Waals surface area contributed by atoms with E-state index >= 15 is 0 Å². The molecule has 1 aliphatic rings. The fraction of sp³-hybridized carbons (Fsp3) is 0.300. The summed E-state index contributed by atoms with van der Waals surface area (Å²) in [6.45, 7) is 2.91. The molecule has 2 heterocycles. The minimum absolute atomic E-state index is 0.0205. The van der Waals surface area contributed by atoms with Crippen LogP contribution in [-0.4, -0.2) is 32.6 Å². The zero-order valence-corrected chi connectivity index (χ0v) is 14.9. The number of aryl methyl sites for hydroxylation is 1. The zero-order valence-electron chi connectivity index (χ0n) is 14.9. The van der Waals surface area contributed by atoms with Crippen molar-refractivity contribution >= 4 is 16.9 Å². The fourth-order valence-electron chi connectivity index (χ4n) is 3.49. The molecule has 1 aromatic heterocycles. The maximum absolute atomic E-state index is 13.0. The van der Waals surface area contributed by atoms with E-state index in [0.717, 1.165) is 22.3 Å². The Morgan fingerprint density at radius 2 is 1.81 bits per heavy atom. The lowest BCUT2D eigenvalue weighted by molar-refractivity contribution is -0.134. The third kappa shape index (κ3) is 2.67. The SMILES string of the molecule is CC1COc2ccccc2CN1C(=O)Cn1c(=O)n(C)c2ccccc21. The van der Waals surface area contributed by atoms with E-state index in [9.17, 15) is 9.59 Å². The summed E-state index contributed by atoms with van der Waals surface area (Å²) in [5, 5.41) is 0. The number of benzene rings is 2. The molecule has 0 aliphatic carbocycles. The van der Waals surface area contributed by atoms with Crippen LogP contribution in [0.4, 0.5) is 0 Å². The Bertz CT molecular complexity index is 1030. The summed E-state index contributed by atoms with van der Waals surface area (Å²) in [6, 6.07) is 15.2. The van der Waals surface area contributed by atoms with E-state index in [0.29, 0.717) is 13.2 Å². The summed E-state index contributed by atoms with van der Waals surface area (Å²) in [6.07, 6.45) is 0. The van der Waals surface area contributed by atoms with E-state index in [-0.39, 0.29) is 24.2 Å². The van der Waals surface area contributed by atoms with Crippen LogP contribution in [-0.2, 0) is 24.9 Å². The molecule has 1 unspecified atom stereocenters. The second-order valence-corrected chi connectivity index (χ2v) is 6.71. The molecule has 0 saturated carbocycles. The molecule has 1 amide bonds. The average molecular weight is 351 g/mol. The van der Waals surface area contributed by atoms with Gasteiger partial charge < -0.3 is 9.64 Å². The maximum atomic E-state index is 13.0. The number of carbonyl (C=O) groups is 1. The number of nitrogens with zero attached hydrogens (tertiary/aromatic N) is 3. The number of hydrogen-bond donors (Lipinski definition) is 0. The van der Waals surface area contributed by atoms with Crippen LogP contribution in [0.2, 0.25) is 0 Å². The van der Waals surface area contributed by atoms with Gasteiger partial charge in [-0.2, -0.15) is 0 Å². The Kier molecular flexibility index (Phi) is 4.03. The van der Waals surface area contributed by atoms with Gasteiger partial charge in [-0.1, -0.05) is 30.3 Å². The van der Waals surface area contributed by atoms with Crippen molar-refractivity contribution in [2.24, 2.45) is 7.05 Å². The van der Waals surface area contributed by atoms with Gasteiger partial charge in [-0.25, -0.2) is 4.79 Å². The molecule has 0 N–H and O–H groups in total. The number of fused-ring (bicyclic) bond motifs is 2. The summed E-state index contributed by atoms with van der Waals surface area (Å²) in [5.74, 6) is 0.730. The van der Waals surface area contributed by atoms with Crippen LogP contribution >= 0.6 is 0 Å². The molecule has 2 aromatic carbocycles. The average Bonchev–Trinajstić information content (AvgIpc) is 2.80. The Hall–Kier alpha value is -3.02. The molecule has 0 saturated heterocycles. The highest BCUT2D eigenvalue weighted by atomic mass is 16.5. The molecule has 134 valence electrons. The van der Waals surface area contributed by atoms with Crippen LogP contribution in [0, 0.1) is 0 Å². The second-order valence-electron chi connectivity index (χ2n) is 6.71. The van der Waals surface area contributed by atoms with Crippen LogP contribution in [0.1, 0.15) is 12.5 Å². The highest BCUT2D eigenvalue weighted by Crippen LogP contribution is 2.25. The molecule has 1 aliphatic heterocycles. The molecule has 26 heavy (non-hydrogen) atoms. The third-order valence-electron chi connectivity index (χ3n) is 4.99. The quantitative estimate of drug-likeness (QED) is 0.711. The summed E-state index contributed by atoms with van der Waals surface area (Å²) >= 11 is 0. The van der Waals surface area contributed by atoms with E-state index in [1.165, 1.54) is 0 Å². The summed E-state index contributed by atoms with van der Waals surface area (Å²) in [5.41, 5.74) is 2.39. The van der Waals surface area contributed by atoms with Gasteiger partial charge >= 0.3 is 5.69 Å². The molecule has 0 spiro atoms. The summed E-state index contributed by atoms with van der Waals surface area (Å²) in [4.78, 5) is 27.4. The monoisotopic (exact) mass is 351 g/mol. The number of amides is 1. The molecule has 6 heteroatoms. The van der Waals surface area contributed by atoms with Crippen molar-refractivity contribution in [3.8, 4) is 5.75 Å². The Morgan fingerprint density at radius 3 is 2.62 bits per heavy atom. The third-order valence-corrected chi connectivity index (χ3v) is 4.99. The van der Waals surface area contributed by atoms with Gasteiger partial charge in [0, 0.05) is 19.2 Å². The second kappa shape index (κ2) is 6.37. The van der Waals surface area contributed by atoms with E-state index < -0.39 is 0 Å². The largest absolute Gasteiger partial charge is 0.491 e. The van der Waals surface area contributed by atoms with Crippen LogP contribution in [0.25, 0.3) is 11.0 Å². The fourth-order valence-corrected chi connectivity index (χ4v) is 3.49. The number of ether oxygens (including phenoxy) is 1. The van der Waals surface area contributed by atoms with Gasteiger partial charge in [0.1, 0.15) is 18.9 Å². The topological polar surface area (TPSA) is 56.5 Å². The van der Waals surface area contributed by atoms with Gasteiger partial charge in [-0.15, -0.1) is 0 Å². The Balaban J connectivity index is 1.66. The Labute approximate surface area is 151 Å². The summed E-state index contributed by atoms with van der Waals surface area (Å²) < 4.78 is 8.94. The number of carbonyl (C=O) groups excluding carboxylic acids is 1. The molecule has 0 fully saturated rings. The van der Waals surface area contributed by atoms with Gasteiger partial charge in [-0.05, 0) is 25.1 Å². The van der Waals surface area contributed by atoms with Gasteiger partial charge in [0.15, 0.2) is 0 Å². The minimum atomic E-state index is -0.182. The normalized spacial score (nSPS) is 16.8. The van der Waals surface area contributed by atoms with Crippen LogP contribution in [0.5, 0.6) is 5.75 Å². The van der Waals surface area contributed by atoms with Crippen molar-refractivity contribution in [3.05, 3.63) is 64.6 Å². The van der Waals surface area contributed by atoms with Crippen molar-refractivity contribution in [3.63, 3.8) is 0 Å². The lowest BCUT2D eigenvalue weighted by Crippen LogP contribution is -2.42. The first-order chi connectivity index (χ1) is 12.6. The van der Waals surface area contributed by atoms with Gasteiger partial charge in [0.25, 0.3) is 0 Å². The van der Waals surface area contributed by atoms with Crippen LogP contribution in [0.3, 0.4) is 0 Å². The van der Waals surface area contributed by atoms with Crippen LogP contribution < -0.4 is 10.4 Å². The van der Waals surface area contributed by atoms with E-state index in [2.05, 4.69) is 0 Å². The van der Waals surface area contributed by atoms with Gasteiger partial charge in [0.2, 0.25) is 5.91 Å². The van der Waals surface area contributed by atoms with Crippen molar-refractivity contribution in [2.75, 3.05) is 6.61 Å². The first-order valence-corrected chi connectivity index (χ1v) is 8.70. The highest BCUT2D eigenvalue weighted by Gasteiger charge is 2.26. The van der Waals surface area contributed by atoms with Crippen molar-refractivity contribution in [1.82, 2.24) is 14.0 Å². The predicted octanol–water partition coefficient (Wildman–Crippen LogP) is 2.15. The molecule has 0 radical (unpaired) electrons. The number of imidazole rings is 1. The molecule has 4 rings (SSSR count). The number of para-hydroxylation sites is 3. The number of hydrogen-bond acceptors (Lipinski definition) is 3. The predicted molar refractivity (Wildman–Crippen MR) is 99.1 cm³/mol. The molecule has 1 atom stereocenters. The van der Waals surface area contributed by atoms with E-state index in [1.807, 2.05) is 55.5 Å². The molecule has 6 nitrogen and oxygen atoms in total. The molecular weight excluding hydrogens is 330 g/mol.